The van der Waals surface area contributed by atoms with E-state index in [0.717, 1.165) is 5.56 Å². The van der Waals surface area contributed by atoms with Gasteiger partial charge in [-0.05, 0) is 6.07 Å². The summed E-state index contributed by atoms with van der Waals surface area (Å²) in [4.78, 5) is 2.81. The van der Waals surface area contributed by atoms with Crippen LogP contribution in [0.15, 0.2) is 23.6 Å². The molecule has 1 aromatic heterocycles. The number of oxime groups is 1. The summed E-state index contributed by atoms with van der Waals surface area (Å²) in [5, 5.41) is 10.8. The Bertz CT molecular complexity index is 167. The first-order valence-corrected chi connectivity index (χ1v) is 2.23. The van der Waals surface area contributed by atoms with Crippen molar-refractivity contribution in [2.24, 2.45) is 5.16 Å². The standard InChI is InChI=1S/C5H6N2O/c8-7-4-5-1-2-6-3-5/h1-4,6,8H/b7-4-. The SMILES string of the molecule is O/N=C\c1cc[nH]c1. The molecular formula is C5H6N2O. The van der Waals surface area contributed by atoms with Gasteiger partial charge in [-0.2, -0.15) is 0 Å². The summed E-state index contributed by atoms with van der Waals surface area (Å²) in [5.41, 5.74) is 0.868. The van der Waals surface area contributed by atoms with Crippen LogP contribution in [0, 0.1) is 0 Å². The maximum Gasteiger partial charge on any atom is 0.0748 e. The van der Waals surface area contributed by atoms with Crippen LogP contribution in [0.5, 0.6) is 0 Å². The molecule has 0 atom stereocenters. The van der Waals surface area contributed by atoms with Crippen LogP contribution in [0.2, 0.25) is 0 Å². The third-order valence-corrected chi connectivity index (χ3v) is 0.829. The van der Waals surface area contributed by atoms with E-state index < -0.39 is 0 Å². The summed E-state index contributed by atoms with van der Waals surface area (Å²) in [6.45, 7) is 0. The van der Waals surface area contributed by atoms with E-state index in [-0.39, 0.29) is 0 Å². The number of nitrogens with one attached hydrogen (secondary N) is 1. The van der Waals surface area contributed by atoms with E-state index in [2.05, 4.69) is 10.1 Å². The number of hydrogen-bond acceptors (Lipinski definition) is 2. The largest absolute Gasteiger partial charge is 0.411 e. The van der Waals surface area contributed by atoms with Gasteiger partial charge in [0.05, 0.1) is 6.21 Å². The zero-order chi connectivity index (χ0) is 5.82. The summed E-state index contributed by atoms with van der Waals surface area (Å²) < 4.78 is 0. The minimum atomic E-state index is 0.868. The normalized spacial score (nSPS) is 10.5. The highest BCUT2D eigenvalue weighted by Gasteiger charge is 1.81. The van der Waals surface area contributed by atoms with Crippen LogP contribution in [-0.4, -0.2) is 16.4 Å². The Kier molecular flexibility index (Phi) is 1.32. The van der Waals surface area contributed by atoms with Crippen LogP contribution < -0.4 is 0 Å². The van der Waals surface area contributed by atoms with Gasteiger partial charge in [0.2, 0.25) is 0 Å². The maximum absolute atomic E-state index is 7.99. The van der Waals surface area contributed by atoms with Gasteiger partial charge < -0.3 is 10.2 Å². The van der Waals surface area contributed by atoms with Crippen molar-refractivity contribution in [2.75, 3.05) is 0 Å². The molecule has 0 bridgehead atoms. The summed E-state index contributed by atoms with van der Waals surface area (Å²) in [6, 6.07) is 1.81. The summed E-state index contributed by atoms with van der Waals surface area (Å²) in [5.74, 6) is 0. The van der Waals surface area contributed by atoms with E-state index in [1.54, 1.807) is 18.5 Å². The molecule has 0 aliphatic heterocycles. The lowest BCUT2D eigenvalue weighted by Gasteiger charge is -1.73. The fourth-order valence-electron chi connectivity index (χ4n) is 0.484. The average Bonchev–Trinajstić information content (AvgIpc) is 2.19. The monoisotopic (exact) mass is 110 g/mol. The molecular weight excluding hydrogens is 104 g/mol. The molecule has 8 heavy (non-hydrogen) atoms. The molecule has 0 aliphatic rings. The number of rotatable bonds is 1. The number of H-pyrrole nitrogens is 1. The van der Waals surface area contributed by atoms with Gasteiger partial charge in [-0.1, -0.05) is 5.16 Å². The molecule has 0 amide bonds. The lowest BCUT2D eigenvalue weighted by molar-refractivity contribution is 0.322. The Morgan fingerprint density at radius 1 is 1.75 bits per heavy atom. The molecule has 0 unspecified atom stereocenters. The minimum absolute atomic E-state index is 0.868. The van der Waals surface area contributed by atoms with Crippen LogP contribution in [-0.2, 0) is 0 Å². The highest BCUT2D eigenvalue weighted by molar-refractivity contribution is 5.78. The van der Waals surface area contributed by atoms with Crippen LogP contribution in [0.1, 0.15) is 5.56 Å². The zero-order valence-corrected chi connectivity index (χ0v) is 4.20. The van der Waals surface area contributed by atoms with E-state index in [1.807, 2.05) is 0 Å². The van der Waals surface area contributed by atoms with Crippen molar-refractivity contribution in [3.8, 4) is 0 Å². The fraction of sp³-hybridized carbons (Fsp3) is 0. The smallest absolute Gasteiger partial charge is 0.0748 e. The molecule has 0 saturated carbocycles. The van der Waals surface area contributed by atoms with Crippen molar-refractivity contribution in [3.05, 3.63) is 24.0 Å². The number of nitrogens with zero attached hydrogens (tertiary/aromatic N) is 1. The van der Waals surface area contributed by atoms with E-state index in [9.17, 15) is 0 Å². The first-order valence-electron chi connectivity index (χ1n) is 2.23. The molecule has 1 aromatic rings. The molecule has 0 fully saturated rings. The second-order valence-corrected chi connectivity index (χ2v) is 1.39. The maximum atomic E-state index is 7.99. The third kappa shape index (κ3) is 0.872. The van der Waals surface area contributed by atoms with Crippen molar-refractivity contribution in [1.82, 2.24) is 4.98 Å². The van der Waals surface area contributed by atoms with E-state index in [0.29, 0.717) is 0 Å². The molecule has 3 heteroatoms. The lowest BCUT2D eigenvalue weighted by atomic mass is 10.4. The molecule has 0 spiro atoms. The third-order valence-electron chi connectivity index (χ3n) is 0.829. The second-order valence-electron chi connectivity index (χ2n) is 1.39. The van der Waals surface area contributed by atoms with E-state index in [1.165, 1.54) is 6.21 Å². The van der Waals surface area contributed by atoms with Crippen molar-refractivity contribution >= 4 is 6.21 Å². The van der Waals surface area contributed by atoms with Crippen LogP contribution in [0.4, 0.5) is 0 Å². The number of hydrogen-bond donors (Lipinski definition) is 2. The van der Waals surface area contributed by atoms with Gasteiger partial charge in [-0.15, -0.1) is 0 Å². The fourth-order valence-corrected chi connectivity index (χ4v) is 0.484. The molecule has 3 nitrogen and oxygen atoms in total. The van der Waals surface area contributed by atoms with E-state index >= 15 is 0 Å². The molecule has 1 heterocycles. The Morgan fingerprint density at radius 3 is 3.12 bits per heavy atom. The van der Waals surface area contributed by atoms with Crippen molar-refractivity contribution in [2.45, 2.75) is 0 Å². The Labute approximate surface area is 46.6 Å². The summed E-state index contributed by atoms with van der Waals surface area (Å²) in [6.07, 6.45) is 4.85. The second kappa shape index (κ2) is 2.16. The van der Waals surface area contributed by atoms with Crippen LogP contribution >= 0.6 is 0 Å². The summed E-state index contributed by atoms with van der Waals surface area (Å²) >= 11 is 0. The van der Waals surface area contributed by atoms with Crippen molar-refractivity contribution in [3.63, 3.8) is 0 Å². The molecule has 2 N–H and O–H groups in total. The predicted octanol–water partition coefficient (Wildman–Crippen LogP) is 0.823. The topological polar surface area (TPSA) is 48.4 Å². The molecule has 0 aliphatic carbocycles. The minimum Gasteiger partial charge on any atom is -0.411 e. The highest BCUT2D eigenvalue weighted by Crippen LogP contribution is 1.89. The van der Waals surface area contributed by atoms with Gasteiger partial charge in [0.15, 0.2) is 0 Å². The average molecular weight is 110 g/mol. The quantitative estimate of drug-likeness (QED) is 0.314. The molecule has 0 aromatic carbocycles. The van der Waals surface area contributed by atoms with Gasteiger partial charge in [0.1, 0.15) is 0 Å². The number of aromatic nitrogens is 1. The zero-order valence-electron chi connectivity index (χ0n) is 4.20. The van der Waals surface area contributed by atoms with Crippen LogP contribution in [0.25, 0.3) is 0 Å². The van der Waals surface area contributed by atoms with Crippen molar-refractivity contribution < 1.29 is 5.21 Å². The Morgan fingerprint density at radius 2 is 2.62 bits per heavy atom. The van der Waals surface area contributed by atoms with Gasteiger partial charge in [-0.3, -0.25) is 0 Å². The van der Waals surface area contributed by atoms with E-state index in [4.69, 9.17) is 5.21 Å². The molecule has 42 valence electrons. The Hall–Kier alpha value is -1.25. The van der Waals surface area contributed by atoms with Gasteiger partial charge in [0.25, 0.3) is 0 Å². The highest BCUT2D eigenvalue weighted by atomic mass is 16.4. The van der Waals surface area contributed by atoms with Gasteiger partial charge in [0, 0.05) is 18.0 Å². The molecule has 0 saturated heterocycles. The van der Waals surface area contributed by atoms with Gasteiger partial charge in [-0.25, -0.2) is 0 Å². The Balaban J connectivity index is 2.77. The molecule has 0 radical (unpaired) electrons. The summed E-state index contributed by atoms with van der Waals surface area (Å²) in [7, 11) is 0. The van der Waals surface area contributed by atoms with Crippen molar-refractivity contribution in [1.29, 1.82) is 0 Å². The molecule has 1 rings (SSSR count). The first kappa shape index (κ1) is 4.90. The first-order chi connectivity index (χ1) is 3.93. The lowest BCUT2D eigenvalue weighted by Crippen LogP contribution is -1.70. The van der Waals surface area contributed by atoms with Gasteiger partial charge >= 0.3 is 0 Å². The predicted molar refractivity (Wildman–Crippen MR) is 30.2 cm³/mol. The van der Waals surface area contributed by atoms with Crippen LogP contribution in [0.3, 0.4) is 0 Å². The number of aromatic amines is 1.